The van der Waals surface area contributed by atoms with Gasteiger partial charge in [0.05, 0.1) is 18.0 Å². The summed E-state index contributed by atoms with van der Waals surface area (Å²) in [5.74, 6) is -0.339. The lowest BCUT2D eigenvalue weighted by Crippen LogP contribution is -2.48. The molecule has 0 aliphatic heterocycles. The molecule has 1 aliphatic carbocycles. The van der Waals surface area contributed by atoms with Gasteiger partial charge in [-0.3, -0.25) is 9.10 Å². The van der Waals surface area contributed by atoms with Crippen molar-refractivity contribution in [2.75, 3.05) is 10.6 Å². The molecule has 0 radical (unpaired) electrons. The monoisotopic (exact) mass is 462 g/mol. The first-order valence-electron chi connectivity index (χ1n) is 10.8. The normalized spacial score (nSPS) is 15.6. The Morgan fingerprint density at radius 1 is 1.13 bits per heavy atom. The summed E-state index contributed by atoms with van der Waals surface area (Å²) >= 11 is 6.12. The number of anilines is 1. The highest BCUT2D eigenvalue weighted by Gasteiger charge is 2.31. The number of aryl methyl sites for hydroxylation is 3. The Bertz CT molecular complexity index is 1070. The Balaban J connectivity index is 1.86. The lowest BCUT2D eigenvalue weighted by molar-refractivity contribution is -0.122. The van der Waals surface area contributed by atoms with Gasteiger partial charge in [-0.2, -0.15) is 0 Å². The standard InChI is InChI=1S/C24H31ClN2O3S/c1-5-22(20-12-11-18-8-6-7-9-19(18)14-20)26-24(28)17(3)27(31(4,29)30)23-15-21(25)13-10-16(23)2/h10-15,17,22H,5-9H2,1-4H3,(H,26,28)/t17-,22+/m0/s1. The van der Waals surface area contributed by atoms with Crippen LogP contribution in [0.1, 0.15) is 61.4 Å². The van der Waals surface area contributed by atoms with Crippen LogP contribution in [0.2, 0.25) is 5.02 Å². The number of hydrogen-bond acceptors (Lipinski definition) is 3. The van der Waals surface area contributed by atoms with Crippen molar-refractivity contribution < 1.29 is 13.2 Å². The van der Waals surface area contributed by atoms with Crippen LogP contribution in [0.5, 0.6) is 0 Å². The van der Waals surface area contributed by atoms with E-state index >= 15 is 0 Å². The highest BCUT2D eigenvalue weighted by Crippen LogP contribution is 2.29. The van der Waals surface area contributed by atoms with E-state index in [0.717, 1.165) is 34.5 Å². The second-order valence-corrected chi connectivity index (χ2v) is 10.7. The number of amides is 1. The van der Waals surface area contributed by atoms with Crippen molar-refractivity contribution >= 4 is 33.2 Å². The molecular weight excluding hydrogens is 432 g/mol. The fourth-order valence-electron chi connectivity index (χ4n) is 4.28. The van der Waals surface area contributed by atoms with E-state index in [4.69, 9.17) is 11.6 Å². The number of rotatable bonds is 7. The summed E-state index contributed by atoms with van der Waals surface area (Å²) in [5, 5.41) is 3.49. The number of fused-ring (bicyclic) bond motifs is 1. The van der Waals surface area contributed by atoms with E-state index < -0.39 is 16.1 Å². The van der Waals surface area contributed by atoms with Gasteiger partial charge in [0.25, 0.3) is 0 Å². The lowest BCUT2D eigenvalue weighted by atomic mass is 9.88. The number of benzene rings is 2. The van der Waals surface area contributed by atoms with Gasteiger partial charge in [-0.25, -0.2) is 8.42 Å². The minimum absolute atomic E-state index is 0.177. The van der Waals surface area contributed by atoms with Gasteiger partial charge in [-0.1, -0.05) is 42.8 Å². The van der Waals surface area contributed by atoms with Gasteiger partial charge >= 0.3 is 0 Å². The second-order valence-electron chi connectivity index (χ2n) is 8.37. The molecule has 0 aromatic heterocycles. The summed E-state index contributed by atoms with van der Waals surface area (Å²) in [4.78, 5) is 13.2. The van der Waals surface area contributed by atoms with Gasteiger partial charge in [0, 0.05) is 5.02 Å². The smallest absolute Gasteiger partial charge is 0.244 e. The van der Waals surface area contributed by atoms with Crippen molar-refractivity contribution in [1.29, 1.82) is 0 Å². The summed E-state index contributed by atoms with van der Waals surface area (Å²) < 4.78 is 26.4. The third kappa shape index (κ3) is 5.42. The molecule has 168 valence electrons. The molecule has 2 aromatic carbocycles. The van der Waals surface area contributed by atoms with E-state index in [2.05, 4.69) is 23.5 Å². The number of carbonyl (C=O) groups is 1. The van der Waals surface area contributed by atoms with Crippen molar-refractivity contribution in [2.24, 2.45) is 0 Å². The van der Waals surface area contributed by atoms with Crippen LogP contribution in [-0.2, 0) is 27.7 Å². The van der Waals surface area contributed by atoms with Gasteiger partial charge in [0.1, 0.15) is 6.04 Å². The lowest BCUT2D eigenvalue weighted by Gasteiger charge is -2.31. The Morgan fingerprint density at radius 3 is 2.45 bits per heavy atom. The third-order valence-electron chi connectivity index (χ3n) is 6.00. The molecule has 0 heterocycles. The second kappa shape index (κ2) is 9.61. The van der Waals surface area contributed by atoms with Crippen molar-refractivity contribution in [3.05, 3.63) is 63.7 Å². The van der Waals surface area contributed by atoms with Crippen LogP contribution in [0.3, 0.4) is 0 Å². The molecule has 3 rings (SSSR count). The molecule has 7 heteroatoms. The van der Waals surface area contributed by atoms with Crippen LogP contribution in [-0.4, -0.2) is 26.6 Å². The predicted octanol–water partition coefficient (Wildman–Crippen LogP) is 4.95. The van der Waals surface area contributed by atoms with Crippen molar-refractivity contribution in [2.45, 2.75) is 65.0 Å². The van der Waals surface area contributed by atoms with E-state index in [1.165, 1.54) is 24.0 Å². The molecule has 0 saturated heterocycles. The summed E-state index contributed by atoms with van der Waals surface area (Å²) in [6, 6.07) is 10.4. The Labute approximate surface area is 190 Å². The zero-order valence-electron chi connectivity index (χ0n) is 18.6. The number of nitrogens with one attached hydrogen (secondary N) is 1. The zero-order valence-corrected chi connectivity index (χ0v) is 20.2. The SMILES string of the molecule is CC[C@@H](NC(=O)[C@H](C)N(c1cc(Cl)ccc1C)S(C)(=O)=O)c1ccc2c(c1)CCCC2. The molecule has 0 fully saturated rings. The summed E-state index contributed by atoms with van der Waals surface area (Å²) in [6.07, 6.45) is 6.42. The quantitative estimate of drug-likeness (QED) is 0.633. The van der Waals surface area contributed by atoms with Crippen molar-refractivity contribution in [1.82, 2.24) is 5.32 Å². The maximum absolute atomic E-state index is 13.2. The van der Waals surface area contributed by atoms with E-state index in [1.807, 2.05) is 6.92 Å². The van der Waals surface area contributed by atoms with E-state index in [0.29, 0.717) is 17.1 Å². The summed E-state index contributed by atoms with van der Waals surface area (Å²) in [7, 11) is -3.71. The summed E-state index contributed by atoms with van der Waals surface area (Å²) in [6.45, 7) is 5.43. The molecule has 1 aliphatic rings. The van der Waals surface area contributed by atoms with Gasteiger partial charge in [-0.15, -0.1) is 0 Å². The highest BCUT2D eigenvalue weighted by molar-refractivity contribution is 7.92. The average Bonchev–Trinajstić information content (AvgIpc) is 2.73. The predicted molar refractivity (Wildman–Crippen MR) is 127 cm³/mol. The zero-order chi connectivity index (χ0) is 22.8. The van der Waals surface area contributed by atoms with Crippen LogP contribution in [0, 0.1) is 6.92 Å². The molecule has 0 spiro atoms. The van der Waals surface area contributed by atoms with E-state index in [9.17, 15) is 13.2 Å². The maximum atomic E-state index is 13.2. The van der Waals surface area contributed by atoms with E-state index in [-0.39, 0.29) is 11.9 Å². The molecule has 1 N–H and O–H groups in total. The van der Waals surface area contributed by atoms with Crippen LogP contribution in [0.4, 0.5) is 5.69 Å². The maximum Gasteiger partial charge on any atom is 0.244 e. The Kier molecular flexibility index (Phi) is 7.32. The molecule has 0 unspecified atom stereocenters. The number of hydrogen-bond donors (Lipinski definition) is 1. The van der Waals surface area contributed by atoms with Crippen LogP contribution < -0.4 is 9.62 Å². The van der Waals surface area contributed by atoms with Gasteiger partial charge in [-0.05, 0) is 80.3 Å². The third-order valence-corrected chi connectivity index (χ3v) is 7.46. The molecular formula is C24H31ClN2O3S. The van der Waals surface area contributed by atoms with Crippen LogP contribution in [0.25, 0.3) is 0 Å². The van der Waals surface area contributed by atoms with Crippen LogP contribution in [0.15, 0.2) is 36.4 Å². The minimum atomic E-state index is -3.71. The highest BCUT2D eigenvalue weighted by atomic mass is 35.5. The molecule has 2 atom stereocenters. The fraction of sp³-hybridized carbons (Fsp3) is 0.458. The largest absolute Gasteiger partial charge is 0.347 e. The summed E-state index contributed by atoms with van der Waals surface area (Å²) in [5.41, 5.74) is 4.96. The molecule has 0 bridgehead atoms. The van der Waals surface area contributed by atoms with Crippen molar-refractivity contribution in [3.63, 3.8) is 0 Å². The minimum Gasteiger partial charge on any atom is -0.347 e. The van der Waals surface area contributed by atoms with Gasteiger partial charge in [0.2, 0.25) is 15.9 Å². The molecule has 31 heavy (non-hydrogen) atoms. The fourth-order valence-corrected chi connectivity index (χ4v) is 5.68. The van der Waals surface area contributed by atoms with E-state index in [1.54, 1.807) is 32.0 Å². The first-order chi connectivity index (χ1) is 14.6. The Morgan fingerprint density at radius 2 is 1.81 bits per heavy atom. The first kappa shape index (κ1) is 23.6. The van der Waals surface area contributed by atoms with Crippen molar-refractivity contribution in [3.8, 4) is 0 Å². The number of halogens is 1. The topological polar surface area (TPSA) is 66.5 Å². The first-order valence-corrected chi connectivity index (χ1v) is 13.0. The van der Waals surface area contributed by atoms with Crippen LogP contribution >= 0.6 is 11.6 Å². The number of nitrogens with zero attached hydrogens (tertiary/aromatic N) is 1. The Hall–Kier alpha value is -2.05. The number of carbonyl (C=O) groups excluding carboxylic acids is 1. The molecule has 5 nitrogen and oxygen atoms in total. The molecule has 0 saturated carbocycles. The molecule has 1 amide bonds. The van der Waals surface area contributed by atoms with Gasteiger partial charge < -0.3 is 5.32 Å². The average molecular weight is 463 g/mol. The van der Waals surface area contributed by atoms with Gasteiger partial charge in [0.15, 0.2) is 0 Å². The number of sulfonamides is 1. The molecule has 2 aromatic rings.